The third kappa shape index (κ3) is 4.37. The van der Waals surface area contributed by atoms with E-state index in [1.807, 2.05) is 36.7 Å². The monoisotopic (exact) mass is 565 g/mol. The lowest BCUT2D eigenvalue weighted by atomic mass is 9.62. The summed E-state index contributed by atoms with van der Waals surface area (Å²) in [6, 6.07) is 10.5. The summed E-state index contributed by atoms with van der Waals surface area (Å²) in [6.07, 6.45) is 1.57. The Bertz CT molecular complexity index is 1510. The third-order valence-electron chi connectivity index (χ3n) is 9.36. The van der Waals surface area contributed by atoms with Crippen LogP contribution >= 0.6 is 0 Å². The number of amides is 2. The van der Waals surface area contributed by atoms with Gasteiger partial charge in [-0.15, -0.1) is 10.2 Å². The Morgan fingerprint density at radius 3 is 2.59 bits per heavy atom. The van der Waals surface area contributed by atoms with E-state index in [9.17, 15) is 23.5 Å². The number of alkyl halides is 2. The molecule has 2 aliphatic carbocycles. The Hall–Kier alpha value is -3.86. The zero-order chi connectivity index (χ0) is 29.1. The van der Waals surface area contributed by atoms with Gasteiger partial charge in [-0.25, -0.2) is 13.6 Å². The molecule has 2 aromatic carbocycles. The molecule has 1 aromatic heterocycles. The first kappa shape index (κ1) is 27.3. The second kappa shape index (κ2) is 9.90. The van der Waals surface area contributed by atoms with E-state index >= 15 is 0 Å². The van der Waals surface area contributed by atoms with Gasteiger partial charge < -0.3 is 19.3 Å². The summed E-state index contributed by atoms with van der Waals surface area (Å²) >= 11 is 0. The lowest BCUT2D eigenvalue weighted by Gasteiger charge is -2.46. The fourth-order valence-electron chi connectivity index (χ4n) is 6.74. The molecule has 0 unspecified atom stereocenters. The number of anilines is 1. The highest BCUT2D eigenvalue weighted by Crippen LogP contribution is 2.50. The van der Waals surface area contributed by atoms with E-state index in [0.29, 0.717) is 24.1 Å². The van der Waals surface area contributed by atoms with Crippen molar-refractivity contribution in [3.05, 3.63) is 76.4 Å². The highest BCUT2D eigenvalue weighted by Gasteiger charge is 2.50. The van der Waals surface area contributed by atoms with E-state index in [1.165, 1.54) is 15.9 Å². The summed E-state index contributed by atoms with van der Waals surface area (Å²) < 4.78 is 36.1. The second-order valence-electron chi connectivity index (χ2n) is 11.8. The van der Waals surface area contributed by atoms with Crippen molar-refractivity contribution < 1.29 is 28.2 Å². The van der Waals surface area contributed by atoms with Gasteiger partial charge in [0.15, 0.2) is 0 Å². The molecule has 2 fully saturated rings. The van der Waals surface area contributed by atoms with Crippen LogP contribution in [-0.4, -0.2) is 55.5 Å². The van der Waals surface area contributed by atoms with Gasteiger partial charge in [0.25, 0.3) is 12.3 Å². The largest absolute Gasteiger partial charge is 0.465 e. The number of methoxy groups -OCH3 is 1. The average Bonchev–Trinajstić information content (AvgIpc) is 3.48. The Balaban J connectivity index is 1.34. The van der Waals surface area contributed by atoms with Crippen molar-refractivity contribution in [1.82, 2.24) is 19.7 Å². The van der Waals surface area contributed by atoms with Crippen LogP contribution in [0.4, 0.5) is 19.3 Å². The number of halogens is 2. The maximum Gasteiger partial charge on any atom is 0.408 e. The first-order chi connectivity index (χ1) is 19.6. The number of hydrogen-bond donors (Lipinski definition) is 1. The number of carboxylic acid groups (broad SMARTS) is 1. The van der Waals surface area contributed by atoms with Crippen LogP contribution in [0.1, 0.15) is 83.9 Å². The zero-order valence-electron chi connectivity index (χ0n) is 23.3. The number of fused-ring (bicyclic) bond motifs is 1. The normalized spacial score (nSPS) is 22.8. The van der Waals surface area contributed by atoms with Gasteiger partial charge in [-0.2, -0.15) is 0 Å². The molecule has 3 aromatic rings. The minimum Gasteiger partial charge on any atom is -0.465 e. The van der Waals surface area contributed by atoms with Crippen LogP contribution in [0.25, 0.3) is 0 Å². The quantitative estimate of drug-likeness (QED) is 0.391. The summed E-state index contributed by atoms with van der Waals surface area (Å²) in [5.74, 6) is 0.417. The predicted octanol–water partition coefficient (Wildman–Crippen LogP) is 5.43. The molecule has 2 amide bonds. The Morgan fingerprint density at radius 1 is 1.24 bits per heavy atom. The van der Waals surface area contributed by atoms with Crippen molar-refractivity contribution in [2.75, 3.05) is 12.0 Å². The van der Waals surface area contributed by atoms with Gasteiger partial charge in [-0.05, 0) is 80.0 Å². The lowest BCUT2D eigenvalue weighted by molar-refractivity contribution is -0.00696. The van der Waals surface area contributed by atoms with E-state index in [1.54, 1.807) is 25.6 Å². The van der Waals surface area contributed by atoms with Crippen LogP contribution < -0.4 is 4.90 Å². The van der Waals surface area contributed by atoms with E-state index < -0.39 is 23.5 Å². The topological polar surface area (TPSA) is 101 Å². The number of carbonyl (C=O) groups excluding carboxylic acids is 1. The molecule has 0 radical (unpaired) electrons. The maximum absolute atomic E-state index is 14.3. The van der Waals surface area contributed by atoms with Gasteiger partial charge in [0.2, 0.25) is 0 Å². The molecule has 9 nitrogen and oxygen atoms in total. The van der Waals surface area contributed by atoms with Gasteiger partial charge in [-0.3, -0.25) is 9.69 Å². The number of ether oxygens (including phenoxy) is 1. The van der Waals surface area contributed by atoms with Gasteiger partial charge >= 0.3 is 6.09 Å². The molecule has 0 bridgehead atoms. The molecule has 1 aliphatic heterocycles. The fraction of sp³-hybridized carbons (Fsp3) is 0.467. The molecule has 0 atom stereocenters. The van der Waals surface area contributed by atoms with E-state index in [0.717, 1.165) is 30.7 Å². The zero-order valence-corrected chi connectivity index (χ0v) is 23.3. The molecule has 216 valence electrons. The number of rotatable bonds is 8. The molecular weight excluding hydrogens is 532 g/mol. The molecule has 2 heterocycles. The Kier molecular flexibility index (Phi) is 6.60. The molecule has 3 aliphatic rings. The van der Waals surface area contributed by atoms with Crippen LogP contribution in [0, 0.1) is 0 Å². The van der Waals surface area contributed by atoms with Crippen molar-refractivity contribution in [1.29, 1.82) is 0 Å². The summed E-state index contributed by atoms with van der Waals surface area (Å²) in [7, 11) is 3.57. The summed E-state index contributed by atoms with van der Waals surface area (Å²) in [6.45, 7) is 1.83. The number of benzene rings is 2. The fourth-order valence-corrected chi connectivity index (χ4v) is 6.74. The van der Waals surface area contributed by atoms with Crippen LogP contribution in [0.15, 0.2) is 42.7 Å². The van der Waals surface area contributed by atoms with E-state index in [-0.39, 0.29) is 41.8 Å². The standard InChI is InChI=1S/C30H33F2N5O4/c1-29(8-5-9-29)37(28(39)40)15-18-10-22(25(31)32)24-16-36(26(38)23(24)11-18)20-7-4-6-19(12-20)30(13-21(14-30)41-3)27-34-33-17-35(27)2/h4,6-7,10-12,17,21,25H,5,8-9,13-16H2,1-3H3,(H,39,40)/t21-,30+. The van der Waals surface area contributed by atoms with E-state index in [2.05, 4.69) is 10.2 Å². The smallest absolute Gasteiger partial charge is 0.408 e. The highest BCUT2D eigenvalue weighted by atomic mass is 19.3. The molecule has 6 rings (SSSR count). The molecular formula is C30H33F2N5O4. The summed E-state index contributed by atoms with van der Waals surface area (Å²) in [5, 5.41) is 18.3. The molecule has 1 N–H and O–H groups in total. The second-order valence-corrected chi connectivity index (χ2v) is 11.8. The number of aromatic nitrogens is 3. The minimum atomic E-state index is -2.81. The predicted molar refractivity (Wildman–Crippen MR) is 146 cm³/mol. The van der Waals surface area contributed by atoms with E-state index in [4.69, 9.17) is 4.74 Å². The first-order valence-corrected chi connectivity index (χ1v) is 13.8. The molecule has 11 heteroatoms. The van der Waals surface area contributed by atoms with Crippen molar-refractivity contribution in [3.63, 3.8) is 0 Å². The van der Waals surface area contributed by atoms with Gasteiger partial charge in [0.1, 0.15) is 12.2 Å². The number of carbonyl (C=O) groups is 2. The SMILES string of the molecule is CO[C@H]1C[C@@](c2cccc(N3Cc4c(cc(CN(C(=O)O)C5(C)CCC5)cc4C(F)F)C3=O)c2)(c2nncn2C)C1. The minimum absolute atomic E-state index is 0.00951. The van der Waals surface area contributed by atoms with Crippen molar-refractivity contribution in [3.8, 4) is 0 Å². The van der Waals surface area contributed by atoms with Gasteiger partial charge in [0.05, 0.1) is 18.1 Å². The van der Waals surface area contributed by atoms with Crippen LogP contribution in [0.5, 0.6) is 0 Å². The number of aryl methyl sites for hydroxylation is 1. The van der Waals surface area contributed by atoms with Gasteiger partial charge in [0, 0.05) is 43.1 Å². The Labute approximate surface area is 236 Å². The maximum atomic E-state index is 14.3. The molecule has 0 spiro atoms. The first-order valence-electron chi connectivity index (χ1n) is 13.8. The van der Waals surface area contributed by atoms with Crippen LogP contribution in [-0.2, 0) is 30.3 Å². The molecule has 0 saturated heterocycles. The number of nitrogens with zero attached hydrogens (tertiary/aromatic N) is 5. The van der Waals surface area contributed by atoms with Gasteiger partial charge in [-0.1, -0.05) is 12.1 Å². The van der Waals surface area contributed by atoms with Crippen molar-refractivity contribution >= 4 is 17.7 Å². The van der Waals surface area contributed by atoms with Crippen molar-refractivity contribution in [2.45, 2.75) is 75.6 Å². The summed E-state index contributed by atoms with van der Waals surface area (Å²) in [4.78, 5) is 28.6. The third-order valence-corrected chi connectivity index (χ3v) is 9.36. The highest BCUT2D eigenvalue weighted by molar-refractivity contribution is 6.10. The Morgan fingerprint density at radius 2 is 2.00 bits per heavy atom. The number of hydrogen-bond acceptors (Lipinski definition) is 5. The summed E-state index contributed by atoms with van der Waals surface area (Å²) in [5.41, 5.74) is 1.20. The van der Waals surface area contributed by atoms with Crippen LogP contribution in [0.2, 0.25) is 0 Å². The van der Waals surface area contributed by atoms with Crippen molar-refractivity contribution in [2.24, 2.45) is 7.05 Å². The van der Waals surface area contributed by atoms with Crippen LogP contribution in [0.3, 0.4) is 0 Å². The molecule has 41 heavy (non-hydrogen) atoms. The average molecular weight is 566 g/mol. The molecule has 2 saturated carbocycles. The lowest BCUT2D eigenvalue weighted by Crippen LogP contribution is -2.53.